The van der Waals surface area contributed by atoms with Gasteiger partial charge in [-0.25, -0.2) is 9.78 Å². The predicted molar refractivity (Wildman–Crippen MR) is 66.3 cm³/mol. The third-order valence-corrected chi connectivity index (χ3v) is 3.82. The van der Waals surface area contributed by atoms with Crippen LogP contribution in [0.25, 0.3) is 0 Å². The summed E-state index contributed by atoms with van der Waals surface area (Å²) in [6, 6.07) is 3.31. The lowest BCUT2D eigenvalue weighted by Crippen LogP contribution is -2.36. The highest BCUT2D eigenvalue weighted by Crippen LogP contribution is 2.43. The molecule has 1 aliphatic rings. The normalized spacial score (nSPS) is 17.2. The van der Waals surface area contributed by atoms with Gasteiger partial charge in [-0.3, -0.25) is 0 Å². The Morgan fingerprint density at radius 3 is 2.71 bits per heavy atom. The molecule has 0 spiro atoms. The molecule has 0 radical (unpaired) electrons. The van der Waals surface area contributed by atoms with Gasteiger partial charge in [-0.15, -0.1) is 0 Å². The molecular weight excluding hydrogens is 216 g/mol. The van der Waals surface area contributed by atoms with E-state index in [0.29, 0.717) is 5.41 Å². The Hall–Kier alpha value is -1.58. The minimum absolute atomic E-state index is 0.226. The van der Waals surface area contributed by atoms with Crippen LogP contribution in [0.15, 0.2) is 18.3 Å². The number of carboxylic acid groups (broad SMARTS) is 1. The molecule has 1 saturated carbocycles. The number of carbonyl (C=O) groups is 1. The van der Waals surface area contributed by atoms with Crippen molar-refractivity contribution in [2.45, 2.75) is 32.6 Å². The monoisotopic (exact) mass is 234 g/mol. The lowest BCUT2D eigenvalue weighted by molar-refractivity contribution is 0.0696. The molecule has 2 rings (SSSR count). The molecule has 4 nitrogen and oxygen atoms in total. The van der Waals surface area contributed by atoms with Gasteiger partial charge in [0.1, 0.15) is 5.82 Å². The van der Waals surface area contributed by atoms with Gasteiger partial charge in [0.2, 0.25) is 0 Å². The molecule has 0 unspecified atom stereocenters. The van der Waals surface area contributed by atoms with Gasteiger partial charge in [0.25, 0.3) is 0 Å². The zero-order valence-corrected chi connectivity index (χ0v) is 10.1. The smallest absolute Gasteiger partial charge is 0.337 e. The molecule has 1 aliphatic carbocycles. The van der Waals surface area contributed by atoms with Crippen LogP contribution in [0, 0.1) is 5.41 Å². The average molecular weight is 234 g/mol. The van der Waals surface area contributed by atoms with Crippen LogP contribution in [0.1, 0.15) is 43.0 Å². The maximum Gasteiger partial charge on any atom is 0.337 e. The number of rotatable bonds is 5. The highest BCUT2D eigenvalue weighted by atomic mass is 16.4. The Bertz CT molecular complexity index is 391. The number of aromatic nitrogens is 1. The van der Waals surface area contributed by atoms with Crippen LogP contribution in [-0.4, -0.2) is 22.6 Å². The van der Waals surface area contributed by atoms with Gasteiger partial charge in [-0.05, 0) is 36.8 Å². The average Bonchev–Trinajstić information content (AvgIpc) is 2.29. The zero-order valence-electron chi connectivity index (χ0n) is 10.1. The highest BCUT2D eigenvalue weighted by molar-refractivity contribution is 5.87. The van der Waals surface area contributed by atoms with Gasteiger partial charge < -0.3 is 10.4 Å². The van der Waals surface area contributed by atoms with Crippen molar-refractivity contribution in [2.75, 3.05) is 11.9 Å². The fourth-order valence-corrected chi connectivity index (χ4v) is 2.24. The third-order valence-electron chi connectivity index (χ3n) is 3.82. The molecular formula is C13H18N2O2. The van der Waals surface area contributed by atoms with Crippen LogP contribution in [-0.2, 0) is 0 Å². The molecule has 2 N–H and O–H groups in total. The van der Waals surface area contributed by atoms with Crippen LogP contribution in [0.4, 0.5) is 5.82 Å². The summed E-state index contributed by atoms with van der Waals surface area (Å²) in [7, 11) is 0. The number of nitrogens with one attached hydrogen (secondary N) is 1. The number of nitrogens with zero attached hydrogens (tertiary/aromatic N) is 1. The molecule has 92 valence electrons. The van der Waals surface area contributed by atoms with Gasteiger partial charge in [-0.1, -0.05) is 13.3 Å². The van der Waals surface area contributed by atoms with E-state index >= 15 is 0 Å². The quantitative estimate of drug-likeness (QED) is 0.822. The fraction of sp³-hybridized carbons (Fsp3) is 0.538. The van der Waals surface area contributed by atoms with Gasteiger partial charge in [-0.2, -0.15) is 0 Å². The Morgan fingerprint density at radius 1 is 1.53 bits per heavy atom. The first-order valence-corrected chi connectivity index (χ1v) is 6.08. The molecule has 1 aromatic heterocycles. The largest absolute Gasteiger partial charge is 0.478 e. The van der Waals surface area contributed by atoms with Crippen molar-refractivity contribution in [3.05, 3.63) is 23.9 Å². The molecule has 0 aliphatic heterocycles. The summed E-state index contributed by atoms with van der Waals surface area (Å²) in [5, 5.41) is 12.1. The molecule has 17 heavy (non-hydrogen) atoms. The van der Waals surface area contributed by atoms with Crippen LogP contribution in [0.3, 0.4) is 0 Å². The molecule has 0 aromatic carbocycles. The first-order valence-electron chi connectivity index (χ1n) is 6.08. The van der Waals surface area contributed by atoms with Gasteiger partial charge in [0, 0.05) is 12.7 Å². The molecule has 0 amide bonds. The molecule has 1 fully saturated rings. The summed E-state index contributed by atoms with van der Waals surface area (Å²) in [5.74, 6) is -0.178. The van der Waals surface area contributed by atoms with Crippen LogP contribution in [0.2, 0.25) is 0 Å². The van der Waals surface area contributed by atoms with Crippen molar-refractivity contribution < 1.29 is 9.90 Å². The summed E-state index contributed by atoms with van der Waals surface area (Å²) in [6.07, 6.45) is 6.46. The molecule has 0 saturated heterocycles. The molecule has 0 atom stereocenters. The summed E-state index contributed by atoms with van der Waals surface area (Å²) in [4.78, 5) is 14.8. The Morgan fingerprint density at radius 2 is 2.29 bits per heavy atom. The Labute approximate surface area is 101 Å². The number of aromatic carboxylic acids is 1. The minimum Gasteiger partial charge on any atom is -0.478 e. The topological polar surface area (TPSA) is 62.2 Å². The molecule has 0 bridgehead atoms. The Balaban J connectivity index is 1.93. The minimum atomic E-state index is -0.937. The van der Waals surface area contributed by atoms with Gasteiger partial charge >= 0.3 is 5.97 Å². The maximum atomic E-state index is 10.7. The number of carboxylic acids is 1. The van der Waals surface area contributed by atoms with E-state index in [1.807, 2.05) is 0 Å². The molecule has 1 aromatic rings. The van der Waals surface area contributed by atoms with Crippen molar-refractivity contribution in [3.8, 4) is 0 Å². The SMILES string of the molecule is CCC1(CNc2ccc(C(=O)O)cn2)CCC1. The fourth-order valence-electron chi connectivity index (χ4n) is 2.24. The third kappa shape index (κ3) is 2.57. The van der Waals surface area contributed by atoms with E-state index in [1.165, 1.54) is 31.9 Å². The van der Waals surface area contributed by atoms with Crippen molar-refractivity contribution >= 4 is 11.8 Å². The van der Waals surface area contributed by atoms with E-state index in [1.54, 1.807) is 12.1 Å². The van der Waals surface area contributed by atoms with Crippen LogP contribution >= 0.6 is 0 Å². The summed E-state index contributed by atoms with van der Waals surface area (Å²) in [5.41, 5.74) is 0.664. The van der Waals surface area contributed by atoms with Crippen molar-refractivity contribution in [2.24, 2.45) is 5.41 Å². The summed E-state index contributed by atoms with van der Waals surface area (Å²) < 4.78 is 0. The van der Waals surface area contributed by atoms with Crippen LogP contribution < -0.4 is 5.32 Å². The van der Waals surface area contributed by atoms with E-state index < -0.39 is 5.97 Å². The second-order valence-electron chi connectivity index (χ2n) is 4.80. The number of pyridine rings is 1. The first kappa shape index (κ1) is 11.9. The van der Waals surface area contributed by atoms with E-state index in [4.69, 9.17) is 5.11 Å². The molecule has 4 heteroatoms. The first-order chi connectivity index (χ1) is 8.15. The van der Waals surface area contributed by atoms with E-state index in [9.17, 15) is 4.79 Å². The lowest BCUT2D eigenvalue weighted by Gasteiger charge is -2.41. The second-order valence-corrected chi connectivity index (χ2v) is 4.80. The van der Waals surface area contributed by atoms with Crippen LogP contribution in [0.5, 0.6) is 0 Å². The van der Waals surface area contributed by atoms with E-state index in [2.05, 4.69) is 17.2 Å². The standard InChI is InChI=1S/C13H18N2O2/c1-2-13(6-3-7-13)9-15-11-5-4-10(8-14-11)12(16)17/h4-5,8H,2-3,6-7,9H2,1H3,(H,14,15)(H,16,17). The molecule has 1 heterocycles. The van der Waals surface area contributed by atoms with E-state index in [-0.39, 0.29) is 5.56 Å². The van der Waals surface area contributed by atoms with Crippen molar-refractivity contribution in [1.82, 2.24) is 4.98 Å². The van der Waals surface area contributed by atoms with E-state index in [0.717, 1.165) is 12.4 Å². The Kier molecular flexibility index (Phi) is 3.31. The van der Waals surface area contributed by atoms with Gasteiger partial charge in [0.15, 0.2) is 0 Å². The maximum absolute atomic E-state index is 10.7. The predicted octanol–water partition coefficient (Wildman–Crippen LogP) is 2.77. The van der Waals surface area contributed by atoms with Gasteiger partial charge in [0.05, 0.1) is 5.56 Å². The lowest BCUT2D eigenvalue weighted by atomic mass is 9.67. The summed E-state index contributed by atoms with van der Waals surface area (Å²) >= 11 is 0. The number of hydrogen-bond donors (Lipinski definition) is 2. The van der Waals surface area contributed by atoms with Crippen molar-refractivity contribution in [1.29, 1.82) is 0 Å². The second kappa shape index (κ2) is 4.73. The summed E-state index contributed by atoms with van der Waals surface area (Å²) in [6.45, 7) is 3.16. The number of hydrogen-bond acceptors (Lipinski definition) is 3. The number of anilines is 1. The highest BCUT2D eigenvalue weighted by Gasteiger charge is 2.34. The zero-order chi connectivity index (χ0) is 12.3. The van der Waals surface area contributed by atoms with Crippen molar-refractivity contribution in [3.63, 3.8) is 0 Å².